The summed E-state index contributed by atoms with van der Waals surface area (Å²) in [5, 5.41) is 11.4. The molecular weight excluding hydrogens is 440 g/mol. The number of nitrogens with zero attached hydrogens (tertiary/aromatic N) is 2. The van der Waals surface area contributed by atoms with Crippen LogP contribution < -0.4 is 9.64 Å². The molecule has 1 unspecified atom stereocenters. The first-order valence-electron chi connectivity index (χ1n) is 11.8. The van der Waals surface area contributed by atoms with E-state index in [1.165, 1.54) is 4.90 Å². The molecule has 0 saturated carbocycles. The molecule has 1 saturated heterocycles. The van der Waals surface area contributed by atoms with Crippen molar-refractivity contribution in [3.05, 3.63) is 94.8 Å². The molecule has 1 aromatic heterocycles. The van der Waals surface area contributed by atoms with Crippen LogP contribution in [0.15, 0.2) is 72.6 Å². The molecule has 1 atom stereocenters. The average molecular weight is 469 g/mol. The normalized spacial score (nSPS) is 19.4. The number of ether oxygens (including phenoxy) is 1. The third-order valence-corrected chi connectivity index (χ3v) is 6.66. The zero-order valence-corrected chi connectivity index (χ0v) is 20.1. The fourth-order valence-electron chi connectivity index (χ4n) is 4.75. The number of benzene rings is 2. The number of amides is 1. The lowest BCUT2D eigenvalue weighted by Crippen LogP contribution is -2.29. The van der Waals surface area contributed by atoms with E-state index in [1.807, 2.05) is 36.4 Å². The maximum atomic E-state index is 13.4. The van der Waals surface area contributed by atoms with Crippen molar-refractivity contribution in [2.45, 2.75) is 45.1 Å². The largest absolute Gasteiger partial charge is 0.507 e. The first-order chi connectivity index (χ1) is 16.8. The van der Waals surface area contributed by atoms with Crippen molar-refractivity contribution in [1.82, 2.24) is 4.98 Å². The molecule has 178 valence electrons. The van der Waals surface area contributed by atoms with E-state index < -0.39 is 17.7 Å². The van der Waals surface area contributed by atoms with E-state index in [1.54, 1.807) is 30.6 Å². The third-order valence-electron chi connectivity index (χ3n) is 6.66. The van der Waals surface area contributed by atoms with Crippen LogP contribution in [0.5, 0.6) is 5.75 Å². The molecule has 5 rings (SSSR count). The number of fused-ring (bicyclic) bond motifs is 1. The smallest absolute Gasteiger partial charge is 0.300 e. The maximum Gasteiger partial charge on any atom is 0.300 e. The molecule has 3 aromatic rings. The van der Waals surface area contributed by atoms with Crippen molar-refractivity contribution in [2.24, 2.45) is 0 Å². The lowest BCUT2D eigenvalue weighted by Gasteiger charge is -2.26. The lowest BCUT2D eigenvalue weighted by molar-refractivity contribution is -0.132. The van der Waals surface area contributed by atoms with Gasteiger partial charge in [-0.15, -0.1) is 0 Å². The fraction of sp³-hybridized carbons (Fsp3) is 0.276. The Labute approximate surface area is 204 Å². The van der Waals surface area contributed by atoms with Gasteiger partial charge in [0.05, 0.1) is 18.2 Å². The Hall–Kier alpha value is -3.93. The van der Waals surface area contributed by atoms with E-state index in [2.05, 4.69) is 25.8 Å². The minimum atomic E-state index is -0.772. The molecule has 0 bridgehead atoms. The number of anilines is 1. The number of aliphatic hydroxyl groups is 1. The van der Waals surface area contributed by atoms with Crippen molar-refractivity contribution >= 4 is 23.1 Å². The van der Waals surface area contributed by atoms with Gasteiger partial charge in [0.25, 0.3) is 11.7 Å². The van der Waals surface area contributed by atoms with Gasteiger partial charge in [0.2, 0.25) is 0 Å². The van der Waals surface area contributed by atoms with Crippen LogP contribution in [-0.4, -0.2) is 28.4 Å². The Morgan fingerprint density at radius 1 is 1.03 bits per heavy atom. The molecule has 0 radical (unpaired) electrons. The fourth-order valence-corrected chi connectivity index (χ4v) is 4.75. The number of aryl methyl sites for hydroxylation is 1. The molecule has 35 heavy (non-hydrogen) atoms. The summed E-state index contributed by atoms with van der Waals surface area (Å²) in [5.74, 6) is -0.776. The molecule has 6 heteroatoms. The van der Waals surface area contributed by atoms with Gasteiger partial charge < -0.3 is 9.84 Å². The average Bonchev–Trinajstić information content (AvgIpc) is 3.13. The molecule has 1 fully saturated rings. The summed E-state index contributed by atoms with van der Waals surface area (Å²) >= 11 is 0. The molecule has 0 spiro atoms. The van der Waals surface area contributed by atoms with Crippen LogP contribution in [0.3, 0.4) is 0 Å². The van der Waals surface area contributed by atoms with E-state index in [0.717, 1.165) is 29.7 Å². The Bertz CT molecular complexity index is 1320. The van der Waals surface area contributed by atoms with E-state index in [4.69, 9.17) is 4.74 Å². The Kier molecular flexibility index (Phi) is 5.67. The van der Waals surface area contributed by atoms with Crippen LogP contribution in [-0.2, 0) is 21.4 Å². The first-order valence-corrected chi connectivity index (χ1v) is 11.8. The number of Topliss-reactive ketones (excluding diaryl/α,β-unsaturated/α-hetero) is 1. The Morgan fingerprint density at radius 2 is 1.74 bits per heavy atom. The van der Waals surface area contributed by atoms with Crippen LogP contribution in [0.4, 0.5) is 5.69 Å². The number of aromatic nitrogens is 1. The minimum absolute atomic E-state index is 0.0483. The number of hydrogen-bond acceptors (Lipinski definition) is 5. The van der Waals surface area contributed by atoms with Gasteiger partial charge in [-0.3, -0.25) is 19.5 Å². The number of carbonyl (C=O) groups excluding carboxylic acids is 2. The van der Waals surface area contributed by atoms with Gasteiger partial charge in [0.1, 0.15) is 11.5 Å². The zero-order valence-electron chi connectivity index (χ0n) is 20.1. The lowest BCUT2D eigenvalue weighted by atomic mass is 9.87. The first kappa shape index (κ1) is 22.8. The highest BCUT2D eigenvalue weighted by molar-refractivity contribution is 6.51. The van der Waals surface area contributed by atoms with Crippen LogP contribution in [0.2, 0.25) is 0 Å². The summed E-state index contributed by atoms with van der Waals surface area (Å²) < 4.78 is 5.69. The summed E-state index contributed by atoms with van der Waals surface area (Å²) in [6.07, 6.45) is 4.96. The van der Waals surface area contributed by atoms with Crippen LogP contribution in [0, 0.1) is 0 Å². The van der Waals surface area contributed by atoms with Crippen molar-refractivity contribution < 1.29 is 19.4 Å². The zero-order chi connectivity index (χ0) is 24.7. The number of ketones is 1. The SMILES string of the molecule is CC(C)(C)c1ccc(N2C(=O)C(=O)/C(=C(\O)c3ccc4c(c3)CCCO4)C2c2ccncc2)cc1. The summed E-state index contributed by atoms with van der Waals surface area (Å²) in [5.41, 5.74) is 3.91. The van der Waals surface area contributed by atoms with Gasteiger partial charge in [-0.25, -0.2) is 0 Å². The number of rotatable bonds is 3. The Balaban J connectivity index is 1.65. The predicted octanol–water partition coefficient (Wildman–Crippen LogP) is 5.33. The standard InChI is InChI=1S/C29H28N2O4/c1-29(2,3)21-7-9-22(10-8-21)31-25(18-12-14-30-15-13-18)24(27(33)28(31)34)26(32)20-6-11-23-19(17-20)5-4-16-35-23/h6-15,17,25,32H,4-5,16H2,1-3H3/b26-24-. The number of carbonyl (C=O) groups is 2. The summed E-state index contributed by atoms with van der Waals surface area (Å²) in [7, 11) is 0. The summed E-state index contributed by atoms with van der Waals surface area (Å²) in [4.78, 5) is 32.3. The Morgan fingerprint density at radius 3 is 2.43 bits per heavy atom. The highest BCUT2D eigenvalue weighted by atomic mass is 16.5. The van der Waals surface area contributed by atoms with Gasteiger partial charge in [0, 0.05) is 23.6 Å². The maximum absolute atomic E-state index is 13.4. The quantitative estimate of drug-likeness (QED) is 0.319. The summed E-state index contributed by atoms with van der Waals surface area (Å²) in [6.45, 7) is 7.03. The van der Waals surface area contributed by atoms with Crippen molar-refractivity contribution in [1.29, 1.82) is 0 Å². The van der Waals surface area contributed by atoms with Gasteiger partial charge in [0.15, 0.2) is 0 Å². The number of hydrogen-bond donors (Lipinski definition) is 1. The van der Waals surface area contributed by atoms with Crippen LogP contribution >= 0.6 is 0 Å². The van der Waals surface area contributed by atoms with Gasteiger partial charge in [-0.1, -0.05) is 32.9 Å². The second-order valence-electron chi connectivity index (χ2n) is 10.0. The minimum Gasteiger partial charge on any atom is -0.507 e. The molecule has 2 aliphatic rings. The third kappa shape index (κ3) is 4.09. The van der Waals surface area contributed by atoms with E-state index in [-0.39, 0.29) is 16.7 Å². The summed E-state index contributed by atoms with van der Waals surface area (Å²) in [6, 6.07) is 15.8. The number of pyridine rings is 1. The molecule has 0 aliphatic carbocycles. The van der Waals surface area contributed by atoms with Crippen molar-refractivity contribution in [3.63, 3.8) is 0 Å². The van der Waals surface area contributed by atoms with Crippen LogP contribution in [0.1, 0.15) is 55.5 Å². The highest BCUT2D eigenvalue weighted by Gasteiger charge is 2.47. The predicted molar refractivity (Wildman–Crippen MR) is 134 cm³/mol. The molecule has 1 amide bonds. The topological polar surface area (TPSA) is 79.7 Å². The van der Waals surface area contributed by atoms with E-state index in [9.17, 15) is 14.7 Å². The monoisotopic (exact) mass is 468 g/mol. The van der Waals surface area contributed by atoms with Crippen molar-refractivity contribution in [2.75, 3.05) is 11.5 Å². The van der Waals surface area contributed by atoms with E-state index in [0.29, 0.717) is 23.4 Å². The van der Waals surface area contributed by atoms with Crippen molar-refractivity contribution in [3.8, 4) is 5.75 Å². The molecular formula is C29H28N2O4. The van der Waals surface area contributed by atoms with Crippen LogP contribution in [0.25, 0.3) is 5.76 Å². The second kappa shape index (κ2) is 8.69. The number of aliphatic hydroxyl groups excluding tert-OH is 1. The molecule has 6 nitrogen and oxygen atoms in total. The molecule has 3 heterocycles. The van der Waals surface area contributed by atoms with Gasteiger partial charge in [-0.05, 0) is 77.4 Å². The second-order valence-corrected chi connectivity index (χ2v) is 10.0. The van der Waals surface area contributed by atoms with E-state index >= 15 is 0 Å². The molecule has 2 aliphatic heterocycles. The highest BCUT2D eigenvalue weighted by Crippen LogP contribution is 2.43. The molecule has 2 aromatic carbocycles. The van der Waals surface area contributed by atoms with Gasteiger partial charge in [-0.2, -0.15) is 0 Å². The molecule has 1 N–H and O–H groups in total. The van der Waals surface area contributed by atoms with Gasteiger partial charge >= 0.3 is 0 Å².